The third-order valence-corrected chi connectivity index (χ3v) is 3.79. The van der Waals surface area contributed by atoms with Crippen LogP contribution in [0.2, 0.25) is 5.02 Å². The van der Waals surface area contributed by atoms with Gasteiger partial charge in [0.1, 0.15) is 0 Å². The fourth-order valence-electron chi connectivity index (χ4n) is 2.09. The van der Waals surface area contributed by atoms with Gasteiger partial charge in [0.2, 0.25) is 11.8 Å². The molecular weight excluding hydrogens is 347 g/mol. The molecule has 10 heteroatoms. The molecule has 3 heterocycles. The number of aryl methyl sites for hydroxylation is 2. The Labute approximate surface area is 139 Å². The number of pyridine rings is 1. The number of hydrogen-bond acceptors (Lipinski definition) is 5. The average molecular weight is 358 g/mol. The van der Waals surface area contributed by atoms with Crippen molar-refractivity contribution in [3.63, 3.8) is 0 Å². The van der Waals surface area contributed by atoms with Crippen LogP contribution < -0.4 is 0 Å². The molecule has 0 unspecified atom stereocenters. The van der Waals surface area contributed by atoms with Gasteiger partial charge in [-0.15, -0.1) is 10.2 Å². The largest absolute Gasteiger partial charge is 0.436 e. The Morgan fingerprint density at radius 1 is 1.21 bits per heavy atom. The summed E-state index contributed by atoms with van der Waals surface area (Å²) in [5, 5.41) is 10.9. The van der Waals surface area contributed by atoms with Crippen molar-refractivity contribution in [1.82, 2.24) is 25.0 Å². The molecule has 126 valence electrons. The molecule has 6 nitrogen and oxygen atoms in total. The van der Waals surface area contributed by atoms with E-state index in [4.69, 9.17) is 16.0 Å². The third-order valence-electron chi connectivity index (χ3n) is 3.33. The van der Waals surface area contributed by atoms with Gasteiger partial charge in [0.05, 0.1) is 17.3 Å². The summed E-state index contributed by atoms with van der Waals surface area (Å²) in [5.41, 5.74) is -0.149. The standard InChI is InChI=1S/C14H11ClF3N5O/c1-8-11(15)12(14(16,17)18)22-23(8)7-4-10-20-21-13(24-10)9-2-5-19-6-3-9/h2-3,5-6H,4,7H2,1H3. The number of rotatable bonds is 4. The summed E-state index contributed by atoms with van der Waals surface area (Å²) in [7, 11) is 0. The van der Waals surface area contributed by atoms with Gasteiger partial charge in [0, 0.05) is 24.4 Å². The molecule has 0 aliphatic rings. The second kappa shape index (κ2) is 6.23. The minimum absolute atomic E-state index is 0.139. The van der Waals surface area contributed by atoms with E-state index in [1.54, 1.807) is 24.5 Å². The van der Waals surface area contributed by atoms with Crippen molar-refractivity contribution < 1.29 is 17.6 Å². The second-order valence-corrected chi connectivity index (χ2v) is 5.33. The number of halogens is 4. The van der Waals surface area contributed by atoms with Crippen molar-refractivity contribution in [3.8, 4) is 11.5 Å². The molecule has 3 aromatic rings. The molecule has 0 N–H and O–H groups in total. The molecule has 0 fully saturated rings. The highest BCUT2D eigenvalue weighted by molar-refractivity contribution is 6.31. The monoisotopic (exact) mass is 357 g/mol. The zero-order valence-electron chi connectivity index (χ0n) is 12.4. The van der Waals surface area contributed by atoms with Crippen LogP contribution in [-0.4, -0.2) is 25.0 Å². The first-order valence-electron chi connectivity index (χ1n) is 6.89. The number of aromatic nitrogens is 5. The van der Waals surface area contributed by atoms with Crippen LogP contribution in [0.15, 0.2) is 28.9 Å². The predicted octanol–water partition coefficient (Wildman–Crippen LogP) is 3.55. The van der Waals surface area contributed by atoms with E-state index in [0.717, 1.165) is 0 Å². The molecule has 0 amide bonds. The van der Waals surface area contributed by atoms with E-state index in [9.17, 15) is 13.2 Å². The van der Waals surface area contributed by atoms with E-state index < -0.39 is 16.9 Å². The highest BCUT2D eigenvalue weighted by Crippen LogP contribution is 2.35. The van der Waals surface area contributed by atoms with Crippen LogP contribution in [0, 0.1) is 6.92 Å². The van der Waals surface area contributed by atoms with Gasteiger partial charge in [-0.2, -0.15) is 18.3 Å². The normalized spacial score (nSPS) is 11.9. The number of nitrogens with zero attached hydrogens (tertiary/aromatic N) is 5. The first-order chi connectivity index (χ1) is 11.4. The number of hydrogen-bond donors (Lipinski definition) is 0. The molecule has 0 radical (unpaired) electrons. The summed E-state index contributed by atoms with van der Waals surface area (Å²) in [6.45, 7) is 1.61. The first kappa shape index (κ1) is 16.4. The quantitative estimate of drug-likeness (QED) is 0.714. The molecule has 0 aromatic carbocycles. The average Bonchev–Trinajstić information content (AvgIpc) is 3.12. The van der Waals surface area contributed by atoms with Gasteiger partial charge in [0.15, 0.2) is 5.69 Å². The lowest BCUT2D eigenvalue weighted by Gasteiger charge is -2.02. The fourth-order valence-corrected chi connectivity index (χ4v) is 2.33. The van der Waals surface area contributed by atoms with Gasteiger partial charge in [-0.05, 0) is 19.1 Å². The van der Waals surface area contributed by atoms with E-state index in [1.807, 2.05) is 0 Å². The molecule has 24 heavy (non-hydrogen) atoms. The summed E-state index contributed by atoms with van der Waals surface area (Å²) in [6.07, 6.45) is -1.18. The zero-order valence-corrected chi connectivity index (χ0v) is 13.1. The topological polar surface area (TPSA) is 69.6 Å². The molecule has 3 rings (SSSR count). The van der Waals surface area contributed by atoms with Gasteiger partial charge in [0.25, 0.3) is 0 Å². The Morgan fingerprint density at radius 3 is 2.54 bits per heavy atom. The molecule has 0 atom stereocenters. The van der Waals surface area contributed by atoms with E-state index in [-0.39, 0.29) is 18.7 Å². The summed E-state index contributed by atoms with van der Waals surface area (Å²) in [5.74, 6) is 0.611. The first-order valence-corrected chi connectivity index (χ1v) is 7.27. The molecule has 0 spiro atoms. The lowest BCUT2D eigenvalue weighted by atomic mass is 10.3. The van der Waals surface area contributed by atoms with Crippen LogP contribution in [0.5, 0.6) is 0 Å². The van der Waals surface area contributed by atoms with E-state index in [2.05, 4.69) is 20.3 Å². The fraction of sp³-hybridized carbons (Fsp3) is 0.286. The van der Waals surface area contributed by atoms with Crippen LogP contribution >= 0.6 is 11.6 Å². The summed E-state index contributed by atoms with van der Waals surface area (Å²) < 4.78 is 45.0. The Kier molecular flexibility index (Phi) is 4.27. The molecule has 0 saturated heterocycles. The minimum Gasteiger partial charge on any atom is -0.421 e. The van der Waals surface area contributed by atoms with Crippen LogP contribution in [-0.2, 0) is 19.1 Å². The van der Waals surface area contributed by atoms with Gasteiger partial charge < -0.3 is 4.42 Å². The maximum atomic E-state index is 12.8. The van der Waals surface area contributed by atoms with Crippen molar-refractivity contribution >= 4 is 11.6 Å². The second-order valence-electron chi connectivity index (χ2n) is 4.96. The Balaban J connectivity index is 1.74. The van der Waals surface area contributed by atoms with Crippen molar-refractivity contribution in [2.45, 2.75) is 26.1 Å². The lowest BCUT2D eigenvalue weighted by Crippen LogP contribution is -2.10. The number of alkyl halides is 3. The maximum absolute atomic E-state index is 12.8. The van der Waals surface area contributed by atoms with Crippen LogP contribution in [0.3, 0.4) is 0 Å². The summed E-state index contributed by atoms with van der Waals surface area (Å²) in [6, 6.07) is 3.43. The molecule has 3 aromatic heterocycles. The van der Waals surface area contributed by atoms with Gasteiger partial charge >= 0.3 is 6.18 Å². The van der Waals surface area contributed by atoms with E-state index in [0.29, 0.717) is 17.3 Å². The SMILES string of the molecule is Cc1c(Cl)c(C(F)(F)F)nn1CCc1nnc(-c2ccncc2)o1. The zero-order chi connectivity index (χ0) is 17.3. The van der Waals surface area contributed by atoms with Gasteiger partial charge in [-0.3, -0.25) is 9.67 Å². The summed E-state index contributed by atoms with van der Waals surface area (Å²) >= 11 is 5.70. The third kappa shape index (κ3) is 3.25. The Morgan fingerprint density at radius 2 is 1.92 bits per heavy atom. The van der Waals surface area contributed by atoms with Gasteiger partial charge in [-0.25, -0.2) is 0 Å². The molecular formula is C14H11ClF3N5O. The Hall–Kier alpha value is -2.42. The molecule has 0 bridgehead atoms. The highest BCUT2D eigenvalue weighted by atomic mass is 35.5. The summed E-state index contributed by atoms with van der Waals surface area (Å²) in [4.78, 5) is 3.89. The van der Waals surface area contributed by atoms with Crippen molar-refractivity contribution in [2.75, 3.05) is 0 Å². The Bertz CT molecular complexity index is 844. The van der Waals surface area contributed by atoms with Crippen molar-refractivity contribution in [2.24, 2.45) is 0 Å². The van der Waals surface area contributed by atoms with Gasteiger partial charge in [-0.1, -0.05) is 11.6 Å². The highest BCUT2D eigenvalue weighted by Gasteiger charge is 2.38. The van der Waals surface area contributed by atoms with Crippen LogP contribution in [0.1, 0.15) is 17.3 Å². The smallest absolute Gasteiger partial charge is 0.421 e. The van der Waals surface area contributed by atoms with Crippen molar-refractivity contribution in [1.29, 1.82) is 0 Å². The van der Waals surface area contributed by atoms with Crippen LogP contribution in [0.4, 0.5) is 13.2 Å². The van der Waals surface area contributed by atoms with E-state index >= 15 is 0 Å². The van der Waals surface area contributed by atoms with Crippen molar-refractivity contribution in [3.05, 3.63) is 46.8 Å². The molecule has 0 saturated carbocycles. The van der Waals surface area contributed by atoms with Crippen LogP contribution in [0.25, 0.3) is 11.5 Å². The maximum Gasteiger partial charge on any atom is 0.436 e. The van der Waals surface area contributed by atoms with E-state index in [1.165, 1.54) is 11.6 Å². The molecule has 0 aliphatic carbocycles. The minimum atomic E-state index is -4.59. The predicted molar refractivity (Wildman–Crippen MR) is 78.2 cm³/mol. The molecule has 0 aliphatic heterocycles. The lowest BCUT2D eigenvalue weighted by molar-refractivity contribution is -0.141.